The maximum atomic E-state index is 5.66. The van der Waals surface area contributed by atoms with Crippen molar-refractivity contribution in [3.63, 3.8) is 0 Å². The van der Waals surface area contributed by atoms with Crippen LogP contribution in [0.15, 0.2) is 42.7 Å². The van der Waals surface area contributed by atoms with E-state index in [2.05, 4.69) is 30.5 Å². The van der Waals surface area contributed by atoms with Crippen molar-refractivity contribution < 1.29 is 4.74 Å². The Morgan fingerprint density at radius 2 is 2.05 bits per heavy atom. The van der Waals surface area contributed by atoms with E-state index in [0.717, 1.165) is 25.3 Å². The molecule has 0 saturated carbocycles. The number of nitrogens with one attached hydrogen (secondary N) is 1. The third kappa shape index (κ3) is 5.05. The van der Waals surface area contributed by atoms with Crippen molar-refractivity contribution in [3.05, 3.63) is 48.3 Å². The summed E-state index contributed by atoms with van der Waals surface area (Å²) in [6.07, 6.45) is 4.97. The summed E-state index contributed by atoms with van der Waals surface area (Å²) in [7, 11) is 0. The zero-order valence-electron chi connectivity index (χ0n) is 12.2. The van der Waals surface area contributed by atoms with Crippen LogP contribution in [-0.4, -0.2) is 22.4 Å². The number of para-hydroxylation sites is 1. The van der Waals surface area contributed by atoms with Gasteiger partial charge in [-0.3, -0.25) is 4.68 Å². The molecule has 2 aromatic rings. The summed E-state index contributed by atoms with van der Waals surface area (Å²) in [6.45, 7) is 6.76. The van der Waals surface area contributed by atoms with Crippen molar-refractivity contribution in [2.45, 2.75) is 39.4 Å². The molecule has 4 nitrogen and oxygen atoms in total. The second kappa shape index (κ2) is 7.70. The molecule has 0 atom stereocenters. The number of rotatable bonds is 8. The first kappa shape index (κ1) is 14.6. The van der Waals surface area contributed by atoms with E-state index in [1.807, 2.05) is 41.2 Å². The molecule has 0 bridgehead atoms. The molecule has 0 spiro atoms. The van der Waals surface area contributed by atoms with Gasteiger partial charge in [0, 0.05) is 37.3 Å². The minimum Gasteiger partial charge on any atom is -0.494 e. The summed E-state index contributed by atoms with van der Waals surface area (Å²) < 4.78 is 7.64. The van der Waals surface area contributed by atoms with Crippen LogP contribution in [0.2, 0.25) is 0 Å². The van der Waals surface area contributed by atoms with E-state index >= 15 is 0 Å². The lowest BCUT2D eigenvalue weighted by molar-refractivity contribution is 0.298. The normalized spacial score (nSPS) is 10.9. The molecule has 1 aromatic carbocycles. The lowest BCUT2D eigenvalue weighted by atomic mass is 10.3. The molecule has 1 N–H and O–H groups in total. The van der Waals surface area contributed by atoms with E-state index in [9.17, 15) is 0 Å². The first-order valence-electron chi connectivity index (χ1n) is 7.16. The van der Waals surface area contributed by atoms with Crippen LogP contribution in [0.4, 0.5) is 0 Å². The third-order valence-corrected chi connectivity index (χ3v) is 2.94. The number of nitrogens with zero attached hydrogens (tertiary/aromatic N) is 2. The topological polar surface area (TPSA) is 39.1 Å². The third-order valence-electron chi connectivity index (χ3n) is 2.94. The van der Waals surface area contributed by atoms with Gasteiger partial charge >= 0.3 is 0 Å². The van der Waals surface area contributed by atoms with E-state index in [1.54, 1.807) is 0 Å². The first-order chi connectivity index (χ1) is 9.74. The number of hydrogen-bond acceptors (Lipinski definition) is 3. The lowest BCUT2D eigenvalue weighted by Crippen LogP contribution is -2.21. The van der Waals surface area contributed by atoms with Gasteiger partial charge in [-0.1, -0.05) is 32.0 Å². The molecule has 0 unspecified atom stereocenters. The predicted molar refractivity (Wildman–Crippen MR) is 80.8 cm³/mol. The Morgan fingerprint density at radius 1 is 1.25 bits per heavy atom. The molecule has 108 valence electrons. The van der Waals surface area contributed by atoms with Gasteiger partial charge in [-0.2, -0.15) is 5.10 Å². The molecule has 0 aliphatic carbocycles. The number of hydrogen-bond donors (Lipinski definition) is 1. The quantitative estimate of drug-likeness (QED) is 0.752. The fraction of sp³-hybridized carbons (Fsp3) is 0.438. The van der Waals surface area contributed by atoms with Gasteiger partial charge in [-0.05, 0) is 12.1 Å². The van der Waals surface area contributed by atoms with Gasteiger partial charge in [0.2, 0.25) is 0 Å². The number of aromatic nitrogens is 2. The molecule has 1 heterocycles. The van der Waals surface area contributed by atoms with Gasteiger partial charge in [0.25, 0.3) is 0 Å². The summed E-state index contributed by atoms with van der Waals surface area (Å²) in [5.41, 5.74) is 1.22. The molecule has 0 aliphatic heterocycles. The van der Waals surface area contributed by atoms with Crippen LogP contribution in [0.5, 0.6) is 5.75 Å². The van der Waals surface area contributed by atoms with E-state index in [0.29, 0.717) is 12.6 Å². The van der Waals surface area contributed by atoms with Gasteiger partial charge in [0.1, 0.15) is 5.75 Å². The average Bonchev–Trinajstić information content (AvgIpc) is 2.90. The highest BCUT2D eigenvalue weighted by Crippen LogP contribution is 2.08. The Kier molecular flexibility index (Phi) is 5.62. The Bertz CT molecular complexity index is 493. The second-order valence-corrected chi connectivity index (χ2v) is 5.16. The van der Waals surface area contributed by atoms with Crippen LogP contribution >= 0.6 is 0 Å². The van der Waals surface area contributed by atoms with Crippen molar-refractivity contribution in [2.75, 3.05) is 6.61 Å². The summed E-state index contributed by atoms with van der Waals surface area (Å²) in [4.78, 5) is 0. The van der Waals surface area contributed by atoms with Crippen LogP contribution < -0.4 is 10.1 Å². The highest BCUT2D eigenvalue weighted by molar-refractivity contribution is 5.20. The highest BCUT2D eigenvalue weighted by Gasteiger charge is 2.00. The molecule has 0 radical (unpaired) electrons. The maximum Gasteiger partial charge on any atom is 0.119 e. The van der Waals surface area contributed by atoms with Crippen LogP contribution in [0, 0.1) is 0 Å². The molecular weight excluding hydrogens is 250 g/mol. The standard InChI is InChI=1S/C16H23N3O/c1-14(2)17-11-15-12-18-19(13-15)9-6-10-20-16-7-4-3-5-8-16/h3-5,7-8,12-14,17H,6,9-11H2,1-2H3. The van der Waals surface area contributed by atoms with E-state index in [-0.39, 0.29) is 0 Å². The van der Waals surface area contributed by atoms with Crippen LogP contribution in [0.1, 0.15) is 25.8 Å². The molecule has 0 aliphatic rings. The van der Waals surface area contributed by atoms with E-state index < -0.39 is 0 Å². The highest BCUT2D eigenvalue weighted by atomic mass is 16.5. The number of benzene rings is 1. The Balaban J connectivity index is 1.67. The van der Waals surface area contributed by atoms with Gasteiger partial charge in [0.15, 0.2) is 0 Å². The van der Waals surface area contributed by atoms with Gasteiger partial charge in [0.05, 0.1) is 12.8 Å². The fourth-order valence-electron chi connectivity index (χ4n) is 1.88. The molecule has 0 fully saturated rings. The molecule has 0 amide bonds. The number of ether oxygens (including phenoxy) is 1. The van der Waals surface area contributed by atoms with Crippen LogP contribution in [0.25, 0.3) is 0 Å². The zero-order valence-corrected chi connectivity index (χ0v) is 12.2. The van der Waals surface area contributed by atoms with Crippen molar-refractivity contribution in [1.82, 2.24) is 15.1 Å². The Morgan fingerprint density at radius 3 is 2.80 bits per heavy atom. The molecule has 1 aromatic heterocycles. The van der Waals surface area contributed by atoms with Gasteiger partial charge < -0.3 is 10.1 Å². The van der Waals surface area contributed by atoms with Gasteiger partial charge in [-0.25, -0.2) is 0 Å². The second-order valence-electron chi connectivity index (χ2n) is 5.16. The summed E-state index contributed by atoms with van der Waals surface area (Å²) in [6, 6.07) is 10.4. The SMILES string of the molecule is CC(C)NCc1cnn(CCCOc2ccccc2)c1. The minimum atomic E-state index is 0.498. The minimum absolute atomic E-state index is 0.498. The largest absolute Gasteiger partial charge is 0.494 e. The fourth-order valence-corrected chi connectivity index (χ4v) is 1.88. The first-order valence-corrected chi connectivity index (χ1v) is 7.16. The van der Waals surface area contributed by atoms with E-state index in [4.69, 9.17) is 4.74 Å². The molecule has 20 heavy (non-hydrogen) atoms. The predicted octanol–water partition coefficient (Wildman–Crippen LogP) is 2.85. The van der Waals surface area contributed by atoms with Gasteiger partial charge in [-0.15, -0.1) is 0 Å². The molecular formula is C16H23N3O. The lowest BCUT2D eigenvalue weighted by Gasteiger charge is -2.06. The monoisotopic (exact) mass is 273 g/mol. The van der Waals surface area contributed by atoms with Crippen molar-refractivity contribution in [1.29, 1.82) is 0 Å². The maximum absolute atomic E-state index is 5.66. The summed E-state index contributed by atoms with van der Waals surface area (Å²) in [5.74, 6) is 0.926. The average molecular weight is 273 g/mol. The Labute approximate surface area is 120 Å². The molecule has 0 saturated heterocycles. The van der Waals surface area contributed by atoms with Crippen molar-refractivity contribution in [2.24, 2.45) is 0 Å². The molecule has 4 heteroatoms. The smallest absolute Gasteiger partial charge is 0.119 e. The summed E-state index contributed by atoms with van der Waals surface area (Å²) >= 11 is 0. The van der Waals surface area contributed by atoms with Crippen LogP contribution in [0.3, 0.4) is 0 Å². The van der Waals surface area contributed by atoms with Crippen molar-refractivity contribution in [3.8, 4) is 5.75 Å². The molecule has 2 rings (SSSR count). The van der Waals surface area contributed by atoms with Crippen molar-refractivity contribution >= 4 is 0 Å². The van der Waals surface area contributed by atoms with E-state index in [1.165, 1.54) is 5.56 Å². The number of aryl methyl sites for hydroxylation is 1. The van der Waals surface area contributed by atoms with Crippen LogP contribution in [-0.2, 0) is 13.1 Å². The zero-order chi connectivity index (χ0) is 14.2. The Hall–Kier alpha value is -1.81. The summed E-state index contributed by atoms with van der Waals surface area (Å²) in [5, 5.41) is 7.75.